The van der Waals surface area contributed by atoms with E-state index in [0.717, 1.165) is 59.9 Å². The molecule has 8 rings (SSSR count). The number of rotatable bonds is 5. The first kappa shape index (κ1) is 23.9. The number of benzene rings is 3. The maximum absolute atomic E-state index is 4.55. The molecule has 0 amide bonds. The van der Waals surface area contributed by atoms with E-state index in [2.05, 4.69) is 103 Å². The minimum atomic E-state index is 1.08. The lowest BCUT2D eigenvalue weighted by Crippen LogP contribution is -1.94. The topological polar surface area (TPSA) is 56.5 Å². The van der Waals surface area contributed by atoms with Crippen LogP contribution in [0.25, 0.3) is 70.6 Å². The van der Waals surface area contributed by atoms with Crippen LogP contribution in [0, 0.1) is 0 Å². The lowest BCUT2D eigenvalue weighted by Gasteiger charge is -2.10. The number of thiazole rings is 2. The average molecular weight is 564 g/mol. The van der Waals surface area contributed by atoms with E-state index in [0.29, 0.717) is 0 Å². The van der Waals surface area contributed by atoms with Gasteiger partial charge >= 0.3 is 0 Å². The Morgan fingerprint density at radius 2 is 0.951 bits per heavy atom. The quantitative estimate of drug-likeness (QED) is 0.209. The summed E-state index contributed by atoms with van der Waals surface area (Å²) in [5, 5.41) is 2.42. The Morgan fingerprint density at radius 1 is 0.439 bits per heavy atom. The van der Waals surface area contributed by atoms with Crippen LogP contribution < -0.4 is 0 Å². The van der Waals surface area contributed by atoms with Gasteiger partial charge in [-0.15, -0.1) is 22.7 Å². The minimum Gasteiger partial charge on any atom is -0.309 e. The first-order valence-corrected chi connectivity index (χ1v) is 14.9. The lowest BCUT2D eigenvalue weighted by molar-refractivity contribution is 1.18. The molecular formula is C34H21N5S2. The van der Waals surface area contributed by atoms with Crippen molar-refractivity contribution >= 4 is 44.5 Å². The number of para-hydroxylation sites is 1. The normalized spacial score (nSPS) is 11.4. The minimum absolute atomic E-state index is 1.08. The number of hydrogen-bond donors (Lipinski definition) is 0. The third-order valence-corrected chi connectivity index (χ3v) is 9.00. The van der Waals surface area contributed by atoms with Crippen LogP contribution in [0.5, 0.6) is 0 Å². The predicted molar refractivity (Wildman–Crippen MR) is 169 cm³/mol. The standard InChI is InChI=1S/C34H21N5S2/c1-2-4-28(5-3-1)39-31-12-22(24-10-26(16-35-14-24)33-18-37-20-40-33)6-8-29(31)30-9-7-23(13-32(30)39)25-11-27(17-36-15-25)34-19-38-21-41-34/h1-21H. The molecule has 0 atom stereocenters. The van der Waals surface area contributed by atoms with Crippen molar-refractivity contribution in [3.63, 3.8) is 0 Å². The second kappa shape index (κ2) is 9.89. The monoisotopic (exact) mass is 563 g/mol. The fourth-order valence-corrected chi connectivity index (χ4v) is 6.62. The molecule has 0 saturated heterocycles. The summed E-state index contributed by atoms with van der Waals surface area (Å²) in [4.78, 5) is 19.8. The van der Waals surface area contributed by atoms with E-state index in [1.807, 2.05) is 48.2 Å². The highest BCUT2D eigenvalue weighted by Crippen LogP contribution is 2.38. The van der Waals surface area contributed by atoms with Gasteiger partial charge in [-0.2, -0.15) is 0 Å². The molecule has 0 aliphatic rings. The summed E-state index contributed by atoms with van der Waals surface area (Å²) in [6.07, 6.45) is 11.4. The van der Waals surface area contributed by atoms with Gasteiger partial charge in [-0.1, -0.05) is 42.5 Å². The SMILES string of the molecule is c1ccc(-n2c3cc(-c4cncc(-c5cncs5)c4)ccc3c3ccc(-c4cncc(-c5cncs5)c4)cc32)cc1. The Bertz CT molecular complexity index is 2010. The van der Waals surface area contributed by atoms with Crippen molar-refractivity contribution in [2.75, 3.05) is 0 Å². The van der Waals surface area contributed by atoms with Crippen LogP contribution in [-0.2, 0) is 0 Å². The third kappa shape index (κ3) is 4.23. The molecule has 5 heterocycles. The van der Waals surface area contributed by atoms with Gasteiger partial charge in [0, 0.05) is 75.9 Å². The largest absolute Gasteiger partial charge is 0.309 e. The van der Waals surface area contributed by atoms with Gasteiger partial charge in [-0.05, 0) is 47.5 Å². The summed E-state index contributed by atoms with van der Waals surface area (Å²) < 4.78 is 2.36. The Labute approximate surface area is 244 Å². The van der Waals surface area contributed by atoms with Gasteiger partial charge in [0.15, 0.2) is 0 Å². The van der Waals surface area contributed by atoms with E-state index in [9.17, 15) is 0 Å². The average Bonchev–Trinajstić information content (AvgIpc) is 3.82. The highest BCUT2D eigenvalue weighted by atomic mass is 32.1. The van der Waals surface area contributed by atoms with Crippen LogP contribution in [-0.4, -0.2) is 24.5 Å². The van der Waals surface area contributed by atoms with E-state index >= 15 is 0 Å². The highest BCUT2D eigenvalue weighted by Gasteiger charge is 2.15. The molecule has 0 aliphatic carbocycles. The summed E-state index contributed by atoms with van der Waals surface area (Å²) >= 11 is 3.24. The fraction of sp³-hybridized carbons (Fsp3) is 0. The van der Waals surface area contributed by atoms with Crippen LogP contribution in [0.15, 0.2) is 127 Å². The first-order chi connectivity index (χ1) is 20.3. The Balaban J connectivity index is 1.32. The van der Waals surface area contributed by atoms with Gasteiger partial charge in [0.2, 0.25) is 0 Å². The number of fused-ring (bicyclic) bond motifs is 3. The highest BCUT2D eigenvalue weighted by molar-refractivity contribution is 7.13. The zero-order valence-electron chi connectivity index (χ0n) is 21.7. The predicted octanol–water partition coefficient (Wildman–Crippen LogP) is 9.15. The summed E-state index contributed by atoms with van der Waals surface area (Å²) in [5.74, 6) is 0. The third-order valence-electron chi connectivity index (χ3n) is 7.36. The molecule has 0 fully saturated rings. The van der Waals surface area contributed by atoms with Gasteiger partial charge in [0.1, 0.15) is 0 Å². The van der Waals surface area contributed by atoms with Crippen LogP contribution >= 0.6 is 22.7 Å². The van der Waals surface area contributed by atoms with Crippen molar-refractivity contribution in [1.82, 2.24) is 24.5 Å². The maximum Gasteiger partial charge on any atom is 0.0797 e. The summed E-state index contributed by atoms with van der Waals surface area (Å²) in [5.41, 5.74) is 13.7. The molecule has 5 aromatic heterocycles. The van der Waals surface area contributed by atoms with Gasteiger partial charge < -0.3 is 4.57 Å². The van der Waals surface area contributed by atoms with Crippen LogP contribution in [0.1, 0.15) is 0 Å². The van der Waals surface area contributed by atoms with Crippen molar-refractivity contribution in [1.29, 1.82) is 0 Å². The van der Waals surface area contributed by atoms with Gasteiger partial charge in [-0.3, -0.25) is 19.9 Å². The number of aromatic nitrogens is 5. The summed E-state index contributed by atoms with van der Waals surface area (Å²) in [7, 11) is 0. The van der Waals surface area contributed by atoms with Crippen LogP contribution in [0.2, 0.25) is 0 Å². The molecule has 7 heteroatoms. The molecule has 0 saturated carbocycles. The van der Waals surface area contributed by atoms with Crippen molar-refractivity contribution in [2.24, 2.45) is 0 Å². The van der Waals surface area contributed by atoms with Crippen molar-refractivity contribution in [3.8, 4) is 48.8 Å². The van der Waals surface area contributed by atoms with E-state index in [4.69, 9.17) is 0 Å². The molecule has 8 aromatic rings. The lowest BCUT2D eigenvalue weighted by atomic mass is 10.0. The molecule has 0 bridgehead atoms. The van der Waals surface area contributed by atoms with Gasteiger partial charge in [0.25, 0.3) is 0 Å². The van der Waals surface area contributed by atoms with Crippen LogP contribution in [0.4, 0.5) is 0 Å². The number of hydrogen-bond acceptors (Lipinski definition) is 6. The Hall–Kier alpha value is -4.98. The van der Waals surface area contributed by atoms with E-state index in [1.54, 1.807) is 22.7 Å². The zero-order valence-corrected chi connectivity index (χ0v) is 23.3. The molecule has 5 nitrogen and oxygen atoms in total. The molecule has 0 aliphatic heterocycles. The molecule has 0 spiro atoms. The Kier molecular flexibility index (Phi) is 5.76. The first-order valence-electron chi connectivity index (χ1n) is 13.1. The van der Waals surface area contributed by atoms with Crippen molar-refractivity contribution in [2.45, 2.75) is 0 Å². The fourth-order valence-electron chi connectivity index (χ4n) is 5.41. The molecule has 0 N–H and O–H groups in total. The number of pyridine rings is 2. The van der Waals surface area contributed by atoms with E-state index in [1.165, 1.54) is 10.8 Å². The van der Waals surface area contributed by atoms with E-state index in [-0.39, 0.29) is 0 Å². The Morgan fingerprint density at radius 3 is 1.44 bits per heavy atom. The van der Waals surface area contributed by atoms with Crippen molar-refractivity contribution < 1.29 is 0 Å². The summed E-state index contributed by atoms with van der Waals surface area (Å²) in [6, 6.07) is 28.4. The van der Waals surface area contributed by atoms with Crippen LogP contribution in [0.3, 0.4) is 0 Å². The molecule has 41 heavy (non-hydrogen) atoms. The summed E-state index contributed by atoms with van der Waals surface area (Å²) in [6.45, 7) is 0. The smallest absolute Gasteiger partial charge is 0.0797 e. The second-order valence-corrected chi connectivity index (χ2v) is 11.6. The van der Waals surface area contributed by atoms with E-state index < -0.39 is 0 Å². The zero-order chi connectivity index (χ0) is 27.2. The second-order valence-electron chi connectivity index (χ2n) is 9.79. The molecule has 3 aromatic carbocycles. The van der Waals surface area contributed by atoms with Crippen molar-refractivity contribution in [3.05, 3.63) is 127 Å². The maximum atomic E-state index is 4.55. The molecular weight excluding hydrogens is 543 g/mol. The van der Waals surface area contributed by atoms with Gasteiger partial charge in [0.05, 0.1) is 31.8 Å². The molecule has 194 valence electrons. The number of nitrogens with zero attached hydrogens (tertiary/aromatic N) is 5. The molecule has 0 unspecified atom stereocenters. The molecule has 0 radical (unpaired) electrons. The van der Waals surface area contributed by atoms with Gasteiger partial charge in [-0.25, -0.2) is 0 Å².